The van der Waals surface area contributed by atoms with Gasteiger partial charge in [0.05, 0.1) is 12.8 Å². The van der Waals surface area contributed by atoms with Gasteiger partial charge >= 0.3 is 5.97 Å². The summed E-state index contributed by atoms with van der Waals surface area (Å²) in [6.07, 6.45) is 0.377. The standard InChI is InChI=1S/C20H20Cl2N2O5/c1-28-17-10-7-14(22)11-16(17)24-18(25)3-2-4-20(27)29-12-19(26)23-15-8-5-13(21)6-9-15/h5-11H,2-4,12H2,1H3,(H,23,26)(H,24,25). The second-order valence-corrected chi connectivity index (χ2v) is 6.83. The van der Waals surface area contributed by atoms with E-state index in [-0.39, 0.29) is 25.2 Å². The number of hydrogen-bond acceptors (Lipinski definition) is 5. The average Bonchev–Trinajstić information content (AvgIpc) is 2.68. The average molecular weight is 439 g/mol. The van der Waals surface area contributed by atoms with Crippen molar-refractivity contribution in [2.45, 2.75) is 19.3 Å². The van der Waals surface area contributed by atoms with Crippen LogP contribution in [-0.4, -0.2) is 31.5 Å². The van der Waals surface area contributed by atoms with Gasteiger partial charge in [-0.05, 0) is 48.9 Å². The minimum atomic E-state index is -0.565. The number of benzene rings is 2. The van der Waals surface area contributed by atoms with Gasteiger partial charge in [0.15, 0.2) is 6.61 Å². The molecule has 2 aromatic carbocycles. The number of amides is 2. The molecule has 0 aliphatic carbocycles. The lowest BCUT2D eigenvalue weighted by atomic mass is 10.2. The van der Waals surface area contributed by atoms with Crippen LogP contribution in [0.3, 0.4) is 0 Å². The molecule has 0 aliphatic rings. The highest BCUT2D eigenvalue weighted by Crippen LogP contribution is 2.27. The summed E-state index contributed by atoms with van der Waals surface area (Å²) in [5.41, 5.74) is 0.995. The van der Waals surface area contributed by atoms with Crippen molar-refractivity contribution in [2.75, 3.05) is 24.4 Å². The first-order chi connectivity index (χ1) is 13.9. The lowest BCUT2D eigenvalue weighted by Crippen LogP contribution is -2.21. The number of methoxy groups -OCH3 is 1. The number of ether oxygens (including phenoxy) is 2. The molecule has 0 unspecified atom stereocenters. The van der Waals surface area contributed by atoms with Gasteiger partial charge < -0.3 is 20.1 Å². The van der Waals surface area contributed by atoms with Crippen molar-refractivity contribution in [3.8, 4) is 5.75 Å². The lowest BCUT2D eigenvalue weighted by Gasteiger charge is -2.10. The minimum absolute atomic E-state index is 0.00826. The van der Waals surface area contributed by atoms with Crippen LogP contribution in [0, 0.1) is 0 Å². The molecule has 2 aromatic rings. The fourth-order valence-electron chi connectivity index (χ4n) is 2.33. The predicted molar refractivity (Wildman–Crippen MR) is 112 cm³/mol. The molecule has 7 nitrogen and oxygen atoms in total. The van der Waals surface area contributed by atoms with Crippen molar-refractivity contribution in [2.24, 2.45) is 0 Å². The Labute approximate surface area is 178 Å². The molecule has 0 atom stereocenters. The molecule has 154 valence electrons. The second-order valence-electron chi connectivity index (χ2n) is 5.96. The molecule has 29 heavy (non-hydrogen) atoms. The maximum Gasteiger partial charge on any atom is 0.306 e. The number of anilines is 2. The van der Waals surface area contributed by atoms with Gasteiger partial charge in [0.25, 0.3) is 5.91 Å². The number of esters is 1. The number of hydrogen-bond donors (Lipinski definition) is 2. The van der Waals surface area contributed by atoms with Crippen LogP contribution in [0.1, 0.15) is 19.3 Å². The molecule has 2 rings (SSSR count). The fourth-order valence-corrected chi connectivity index (χ4v) is 2.63. The molecule has 2 amide bonds. The Balaban J connectivity index is 1.67. The minimum Gasteiger partial charge on any atom is -0.495 e. The SMILES string of the molecule is COc1ccc(Cl)cc1NC(=O)CCCC(=O)OCC(=O)Nc1ccc(Cl)cc1. The highest BCUT2D eigenvalue weighted by Gasteiger charge is 2.11. The summed E-state index contributed by atoms with van der Waals surface area (Å²) in [4.78, 5) is 35.5. The van der Waals surface area contributed by atoms with Gasteiger partial charge in [-0.15, -0.1) is 0 Å². The molecule has 0 saturated carbocycles. The Morgan fingerprint density at radius 2 is 1.59 bits per heavy atom. The Morgan fingerprint density at radius 1 is 0.897 bits per heavy atom. The van der Waals surface area contributed by atoms with E-state index in [9.17, 15) is 14.4 Å². The number of nitrogens with one attached hydrogen (secondary N) is 2. The highest BCUT2D eigenvalue weighted by molar-refractivity contribution is 6.31. The second kappa shape index (κ2) is 11.3. The van der Waals surface area contributed by atoms with Crippen LogP contribution in [-0.2, 0) is 19.1 Å². The number of carbonyl (C=O) groups excluding carboxylic acids is 3. The van der Waals surface area contributed by atoms with Crippen molar-refractivity contribution in [3.05, 3.63) is 52.5 Å². The van der Waals surface area contributed by atoms with E-state index >= 15 is 0 Å². The van der Waals surface area contributed by atoms with Crippen LogP contribution in [0.4, 0.5) is 11.4 Å². The molecule has 0 bridgehead atoms. The number of rotatable bonds is 9. The third kappa shape index (κ3) is 8.01. The Bertz CT molecular complexity index is 872. The van der Waals surface area contributed by atoms with Crippen LogP contribution >= 0.6 is 23.2 Å². The predicted octanol–water partition coefficient (Wildman–Crippen LogP) is 4.29. The van der Waals surface area contributed by atoms with Gasteiger partial charge in [-0.25, -0.2) is 0 Å². The summed E-state index contributed by atoms with van der Waals surface area (Å²) in [5.74, 6) is -0.844. The van der Waals surface area contributed by atoms with E-state index < -0.39 is 18.5 Å². The Hall–Kier alpha value is -2.77. The Kier molecular flexibility index (Phi) is 8.76. The third-order valence-corrected chi connectivity index (χ3v) is 4.20. The first kappa shape index (κ1) is 22.5. The zero-order chi connectivity index (χ0) is 21.2. The zero-order valence-corrected chi connectivity index (χ0v) is 17.2. The summed E-state index contributed by atoms with van der Waals surface area (Å²) in [5, 5.41) is 6.27. The normalized spacial score (nSPS) is 10.2. The van der Waals surface area contributed by atoms with Gasteiger partial charge in [0.2, 0.25) is 5.91 Å². The van der Waals surface area contributed by atoms with Gasteiger partial charge in [0.1, 0.15) is 5.75 Å². The van der Waals surface area contributed by atoms with Gasteiger partial charge in [-0.2, -0.15) is 0 Å². The summed E-state index contributed by atoms with van der Waals surface area (Å²) >= 11 is 11.7. The molecular formula is C20H20Cl2N2O5. The fraction of sp³-hybridized carbons (Fsp3) is 0.250. The highest BCUT2D eigenvalue weighted by atomic mass is 35.5. The maximum atomic E-state index is 12.0. The summed E-state index contributed by atoms with van der Waals surface area (Å²) < 4.78 is 10.1. The van der Waals surface area contributed by atoms with Gasteiger partial charge in [0, 0.05) is 28.6 Å². The molecule has 0 spiro atoms. The molecule has 2 N–H and O–H groups in total. The lowest BCUT2D eigenvalue weighted by molar-refractivity contribution is -0.147. The van der Waals surface area contributed by atoms with Crippen molar-refractivity contribution >= 4 is 52.4 Å². The van der Waals surface area contributed by atoms with Gasteiger partial charge in [-0.3, -0.25) is 14.4 Å². The third-order valence-electron chi connectivity index (χ3n) is 3.71. The van der Waals surface area contributed by atoms with E-state index in [0.29, 0.717) is 27.2 Å². The zero-order valence-electron chi connectivity index (χ0n) is 15.7. The molecule has 9 heteroatoms. The van der Waals surface area contributed by atoms with Crippen molar-refractivity contribution in [1.82, 2.24) is 0 Å². The van der Waals surface area contributed by atoms with Crippen LogP contribution in [0.15, 0.2) is 42.5 Å². The first-order valence-corrected chi connectivity index (χ1v) is 9.47. The van der Waals surface area contributed by atoms with E-state index in [1.807, 2.05) is 0 Å². The van der Waals surface area contributed by atoms with Crippen molar-refractivity contribution in [3.63, 3.8) is 0 Å². The van der Waals surface area contributed by atoms with E-state index in [2.05, 4.69) is 10.6 Å². The quantitative estimate of drug-likeness (QED) is 0.569. The molecule has 0 radical (unpaired) electrons. The molecule has 0 saturated heterocycles. The largest absolute Gasteiger partial charge is 0.495 e. The van der Waals surface area contributed by atoms with E-state index in [4.69, 9.17) is 32.7 Å². The molecular weight excluding hydrogens is 419 g/mol. The van der Waals surface area contributed by atoms with Crippen molar-refractivity contribution < 1.29 is 23.9 Å². The van der Waals surface area contributed by atoms with Crippen LogP contribution in [0.5, 0.6) is 5.75 Å². The number of carbonyl (C=O) groups is 3. The van der Waals surface area contributed by atoms with Crippen LogP contribution in [0.25, 0.3) is 0 Å². The molecule has 0 aliphatic heterocycles. The molecule has 0 fully saturated rings. The molecule has 0 heterocycles. The monoisotopic (exact) mass is 438 g/mol. The van der Waals surface area contributed by atoms with Crippen LogP contribution in [0.2, 0.25) is 10.0 Å². The number of halogens is 2. The smallest absolute Gasteiger partial charge is 0.306 e. The van der Waals surface area contributed by atoms with Crippen molar-refractivity contribution in [1.29, 1.82) is 0 Å². The van der Waals surface area contributed by atoms with Gasteiger partial charge in [-0.1, -0.05) is 23.2 Å². The van der Waals surface area contributed by atoms with Crippen LogP contribution < -0.4 is 15.4 Å². The summed E-state index contributed by atoms with van der Waals surface area (Å²) in [6.45, 7) is -0.409. The Morgan fingerprint density at radius 3 is 2.28 bits per heavy atom. The topological polar surface area (TPSA) is 93.7 Å². The van der Waals surface area contributed by atoms with E-state index in [1.54, 1.807) is 42.5 Å². The van der Waals surface area contributed by atoms with E-state index in [1.165, 1.54) is 7.11 Å². The molecule has 0 aromatic heterocycles. The first-order valence-electron chi connectivity index (χ1n) is 8.72. The van der Waals surface area contributed by atoms with E-state index in [0.717, 1.165) is 0 Å². The summed E-state index contributed by atoms with van der Waals surface area (Å²) in [6, 6.07) is 11.4. The maximum absolute atomic E-state index is 12.0. The summed E-state index contributed by atoms with van der Waals surface area (Å²) in [7, 11) is 1.48.